The van der Waals surface area contributed by atoms with Gasteiger partial charge in [-0.1, -0.05) is 0 Å². The van der Waals surface area contributed by atoms with Gasteiger partial charge in [0.1, 0.15) is 5.56 Å². The molecule has 0 aliphatic carbocycles. The van der Waals surface area contributed by atoms with Gasteiger partial charge in [0.2, 0.25) is 5.43 Å². The topological polar surface area (TPSA) is 60.3 Å². The Morgan fingerprint density at radius 2 is 2.25 bits per heavy atom. The normalized spacial score (nSPS) is 12.6. The van der Waals surface area contributed by atoms with Crippen LogP contribution >= 0.6 is 0 Å². The van der Waals surface area contributed by atoms with Crippen molar-refractivity contribution in [3.8, 4) is 0 Å². The minimum absolute atomic E-state index is 0.0468. The van der Waals surface area contributed by atoms with Crippen LogP contribution in [-0.4, -0.2) is 17.3 Å². The predicted octanol–water partition coefficient (Wildman–Crippen LogP) is 1.51. The molecule has 0 saturated heterocycles. The molecular weight excluding hydrogens is 270 g/mol. The van der Waals surface area contributed by atoms with Crippen molar-refractivity contribution in [3.05, 3.63) is 45.2 Å². The van der Waals surface area contributed by atoms with E-state index in [1.807, 2.05) is 0 Å². The van der Waals surface area contributed by atoms with Gasteiger partial charge in [-0.05, 0) is 13.0 Å². The number of nitrogens with one attached hydrogen (secondary N) is 1. The molecule has 5 nitrogen and oxygen atoms in total. The summed E-state index contributed by atoms with van der Waals surface area (Å²) in [6.45, 7) is 1.78. The van der Waals surface area contributed by atoms with Crippen LogP contribution in [0.1, 0.15) is 22.8 Å². The summed E-state index contributed by atoms with van der Waals surface area (Å²) in [5.41, 5.74) is 2.21. The summed E-state index contributed by atoms with van der Waals surface area (Å²) in [6, 6.07) is 0.808. The van der Waals surface area contributed by atoms with E-state index in [0.29, 0.717) is 0 Å². The Bertz CT molecular complexity index is 799. The number of halogens is 2. The average molecular weight is 280 g/mol. The van der Waals surface area contributed by atoms with E-state index in [1.54, 1.807) is 6.92 Å². The summed E-state index contributed by atoms with van der Waals surface area (Å²) in [6.07, 6.45) is 1.25. The number of pyridine rings is 1. The Hall–Kier alpha value is -2.44. The number of carbonyl (C=O) groups excluding carboxylic acids is 1. The lowest BCUT2D eigenvalue weighted by Gasteiger charge is -2.08. The van der Waals surface area contributed by atoms with E-state index in [4.69, 9.17) is 4.74 Å². The zero-order valence-electron chi connectivity index (χ0n) is 10.5. The number of ether oxygens (including phenoxy) is 1. The van der Waals surface area contributed by atoms with Crippen LogP contribution in [0.2, 0.25) is 0 Å². The molecule has 2 aromatic rings. The monoisotopic (exact) mass is 280 g/mol. The molecule has 1 aromatic carbocycles. The molecule has 1 aromatic heterocycles. The molecule has 1 aliphatic rings. The van der Waals surface area contributed by atoms with E-state index in [9.17, 15) is 18.4 Å². The van der Waals surface area contributed by atoms with Crippen molar-refractivity contribution in [3.63, 3.8) is 0 Å². The summed E-state index contributed by atoms with van der Waals surface area (Å²) >= 11 is 0. The number of rotatable bonds is 2. The van der Waals surface area contributed by atoms with E-state index >= 15 is 0 Å². The Balaban J connectivity index is 2.36. The minimum atomic E-state index is -1.11. The zero-order chi connectivity index (χ0) is 14.4. The van der Waals surface area contributed by atoms with Crippen LogP contribution in [0.25, 0.3) is 10.9 Å². The van der Waals surface area contributed by atoms with E-state index in [2.05, 4.69) is 5.43 Å². The van der Waals surface area contributed by atoms with Crippen molar-refractivity contribution >= 4 is 16.9 Å². The molecule has 104 valence electrons. The van der Waals surface area contributed by atoms with Gasteiger partial charge in [0.05, 0.1) is 24.1 Å². The average Bonchev–Trinajstić information content (AvgIpc) is 2.83. The number of nitrogens with zero attached hydrogens (tertiary/aromatic N) is 1. The summed E-state index contributed by atoms with van der Waals surface area (Å²) < 4.78 is 33.3. The van der Waals surface area contributed by atoms with Crippen LogP contribution in [0.15, 0.2) is 17.1 Å². The number of hydrogen-bond acceptors (Lipinski definition) is 4. The van der Waals surface area contributed by atoms with Crippen LogP contribution in [-0.2, 0) is 11.3 Å². The number of benzene rings is 1. The van der Waals surface area contributed by atoms with Gasteiger partial charge in [-0.3, -0.25) is 9.47 Å². The number of esters is 1. The maximum Gasteiger partial charge on any atom is 0.343 e. The lowest BCUT2D eigenvalue weighted by Crippen LogP contribution is -2.21. The van der Waals surface area contributed by atoms with Crippen LogP contribution < -0.4 is 10.9 Å². The first-order valence-corrected chi connectivity index (χ1v) is 6.01. The highest BCUT2D eigenvalue weighted by Crippen LogP contribution is 2.26. The van der Waals surface area contributed by atoms with Crippen LogP contribution in [0.5, 0.6) is 0 Å². The number of hydrogen-bond donors (Lipinski definition) is 1. The first-order chi connectivity index (χ1) is 9.54. The van der Waals surface area contributed by atoms with Crippen LogP contribution in [0, 0.1) is 11.6 Å². The third-order valence-electron chi connectivity index (χ3n) is 3.20. The first-order valence-electron chi connectivity index (χ1n) is 6.01. The molecule has 0 atom stereocenters. The Morgan fingerprint density at radius 1 is 1.50 bits per heavy atom. The van der Waals surface area contributed by atoms with Crippen molar-refractivity contribution in [2.75, 3.05) is 12.0 Å². The molecule has 0 fully saturated rings. The van der Waals surface area contributed by atoms with E-state index in [0.717, 1.165) is 6.07 Å². The molecule has 20 heavy (non-hydrogen) atoms. The smallest absolute Gasteiger partial charge is 0.343 e. The molecule has 7 heteroatoms. The Labute approximate surface area is 111 Å². The van der Waals surface area contributed by atoms with E-state index < -0.39 is 23.0 Å². The summed E-state index contributed by atoms with van der Waals surface area (Å²) in [5, 5.41) is -0.0468. The first kappa shape index (κ1) is 12.6. The Morgan fingerprint density at radius 3 is 2.95 bits per heavy atom. The van der Waals surface area contributed by atoms with Gasteiger partial charge in [-0.25, -0.2) is 13.6 Å². The largest absolute Gasteiger partial charge is 0.462 e. The molecular formula is C13H10F2N2O3. The second-order valence-corrected chi connectivity index (χ2v) is 4.34. The maximum absolute atomic E-state index is 13.7. The zero-order valence-corrected chi connectivity index (χ0v) is 10.5. The second kappa shape index (κ2) is 4.29. The van der Waals surface area contributed by atoms with Gasteiger partial charge >= 0.3 is 5.97 Å². The molecule has 1 aliphatic heterocycles. The fourth-order valence-electron chi connectivity index (χ4n) is 2.32. The SMILES string of the molecule is CCOC(=O)c1cn2c3c(c(F)c(F)cc3c1=O)CN2. The van der Waals surface area contributed by atoms with Crippen LogP contribution in [0.4, 0.5) is 8.78 Å². The quantitative estimate of drug-likeness (QED) is 0.847. The molecule has 0 radical (unpaired) electrons. The van der Waals surface area contributed by atoms with Crippen molar-refractivity contribution in [1.29, 1.82) is 0 Å². The fraction of sp³-hybridized carbons (Fsp3) is 0.231. The molecule has 3 rings (SSSR count). The molecule has 0 spiro atoms. The van der Waals surface area contributed by atoms with Gasteiger partial charge in [0.25, 0.3) is 0 Å². The van der Waals surface area contributed by atoms with Crippen molar-refractivity contribution < 1.29 is 18.3 Å². The second-order valence-electron chi connectivity index (χ2n) is 4.34. The third-order valence-corrected chi connectivity index (χ3v) is 3.20. The van der Waals surface area contributed by atoms with Gasteiger partial charge in [0, 0.05) is 11.8 Å². The highest BCUT2D eigenvalue weighted by atomic mass is 19.2. The lowest BCUT2D eigenvalue weighted by molar-refractivity contribution is 0.0524. The standard InChI is InChI=1S/C13H10F2N2O3/c1-2-20-13(19)8-5-17-11-6(12(8)18)3-9(14)10(15)7(11)4-16-17/h3,5,16H,2,4H2,1H3. The number of carbonyl (C=O) groups is 1. The van der Waals surface area contributed by atoms with Crippen molar-refractivity contribution in [2.45, 2.75) is 13.5 Å². The van der Waals surface area contributed by atoms with Gasteiger partial charge in [0.15, 0.2) is 11.6 Å². The van der Waals surface area contributed by atoms with Gasteiger partial charge in [-0.15, -0.1) is 0 Å². The summed E-state index contributed by atoms with van der Waals surface area (Å²) in [5.74, 6) is -2.89. The molecule has 0 unspecified atom stereocenters. The van der Waals surface area contributed by atoms with Gasteiger partial charge in [-0.2, -0.15) is 0 Å². The predicted molar refractivity (Wildman–Crippen MR) is 67.1 cm³/mol. The van der Waals surface area contributed by atoms with Crippen LogP contribution in [0.3, 0.4) is 0 Å². The Kier molecular flexibility index (Phi) is 2.70. The maximum atomic E-state index is 13.7. The molecule has 1 N–H and O–H groups in total. The van der Waals surface area contributed by atoms with E-state index in [-0.39, 0.29) is 35.2 Å². The van der Waals surface area contributed by atoms with Crippen molar-refractivity contribution in [1.82, 2.24) is 4.68 Å². The minimum Gasteiger partial charge on any atom is -0.462 e. The third kappa shape index (κ3) is 1.59. The summed E-state index contributed by atoms with van der Waals surface area (Å²) in [4.78, 5) is 23.9. The molecule has 0 bridgehead atoms. The molecule has 0 saturated carbocycles. The molecule has 2 heterocycles. The molecule has 0 amide bonds. The number of aromatic nitrogens is 1. The van der Waals surface area contributed by atoms with Crippen molar-refractivity contribution in [2.24, 2.45) is 0 Å². The highest BCUT2D eigenvalue weighted by Gasteiger charge is 2.25. The van der Waals surface area contributed by atoms with E-state index in [1.165, 1.54) is 10.9 Å². The summed E-state index contributed by atoms with van der Waals surface area (Å²) in [7, 11) is 0. The fourth-order valence-corrected chi connectivity index (χ4v) is 2.32. The van der Waals surface area contributed by atoms with Gasteiger partial charge < -0.3 is 10.2 Å². The highest BCUT2D eigenvalue weighted by molar-refractivity contribution is 5.95. The lowest BCUT2D eigenvalue weighted by atomic mass is 10.1.